The molecule has 0 radical (unpaired) electrons. The van der Waals surface area contributed by atoms with E-state index < -0.39 is 0 Å². The van der Waals surface area contributed by atoms with Crippen molar-refractivity contribution in [3.63, 3.8) is 0 Å². The summed E-state index contributed by atoms with van der Waals surface area (Å²) in [6.07, 6.45) is 8.81. The molecule has 3 rings (SSSR count). The summed E-state index contributed by atoms with van der Waals surface area (Å²) in [5.74, 6) is 0.893. The lowest BCUT2D eigenvalue weighted by atomic mass is 10.0. The summed E-state index contributed by atoms with van der Waals surface area (Å²) in [5.41, 5.74) is 0. The van der Waals surface area contributed by atoms with Gasteiger partial charge in [-0.05, 0) is 31.7 Å². The van der Waals surface area contributed by atoms with Crippen LogP contribution in [0.15, 0.2) is 18.5 Å². The number of rotatable bonds is 2. The lowest BCUT2D eigenvalue weighted by Gasteiger charge is -2.38. The van der Waals surface area contributed by atoms with Crippen molar-refractivity contribution >= 4 is 5.95 Å². The number of aromatic nitrogens is 2. The highest BCUT2D eigenvalue weighted by molar-refractivity contribution is 5.36. The minimum absolute atomic E-state index is 0.428. The van der Waals surface area contributed by atoms with Crippen molar-refractivity contribution < 1.29 is 4.74 Å². The average Bonchev–Trinajstić information content (AvgIpc) is 2.61. The van der Waals surface area contributed by atoms with Crippen LogP contribution in [0.2, 0.25) is 0 Å². The number of methoxy groups -OCH3 is 1. The number of piperidine rings is 1. The molecule has 0 saturated carbocycles. The second-order valence-corrected chi connectivity index (χ2v) is 4.67. The van der Waals surface area contributed by atoms with Crippen LogP contribution in [-0.2, 0) is 4.74 Å². The van der Waals surface area contributed by atoms with E-state index in [4.69, 9.17) is 4.74 Å². The minimum Gasteiger partial charge on any atom is -0.381 e. The molecule has 0 aliphatic carbocycles. The number of nitrogens with zero attached hydrogens (tertiary/aromatic N) is 3. The molecule has 2 atom stereocenters. The van der Waals surface area contributed by atoms with E-state index in [0.717, 1.165) is 18.8 Å². The van der Waals surface area contributed by atoms with Crippen molar-refractivity contribution in [1.82, 2.24) is 9.97 Å². The smallest absolute Gasteiger partial charge is 0.225 e. The predicted molar refractivity (Wildman–Crippen MR) is 61.4 cm³/mol. The molecule has 0 amide bonds. The summed E-state index contributed by atoms with van der Waals surface area (Å²) in [5, 5.41) is 0. The Morgan fingerprint density at radius 2 is 1.81 bits per heavy atom. The van der Waals surface area contributed by atoms with E-state index in [9.17, 15) is 0 Å². The van der Waals surface area contributed by atoms with Crippen molar-refractivity contribution in [2.75, 3.05) is 12.0 Å². The highest BCUT2D eigenvalue weighted by Crippen LogP contribution is 2.38. The van der Waals surface area contributed by atoms with E-state index in [1.54, 1.807) is 0 Å². The van der Waals surface area contributed by atoms with Gasteiger partial charge >= 0.3 is 0 Å². The summed E-state index contributed by atoms with van der Waals surface area (Å²) in [6.45, 7) is 0. The molecule has 86 valence electrons. The van der Waals surface area contributed by atoms with Crippen molar-refractivity contribution in [1.29, 1.82) is 0 Å². The number of fused-ring (bicyclic) bond motifs is 2. The molecule has 3 heterocycles. The Bertz CT molecular complexity index is 343. The Labute approximate surface area is 95.7 Å². The maximum atomic E-state index is 5.49. The Balaban J connectivity index is 1.84. The van der Waals surface area contributed by atoms with Gasteiger partial charge < -0.3 is 9.64 Å². The maximum absolute atomic E-state index is 5.49. The highest BCUT2D eigenvalue weighted by atomic mass is 16.5. The van der Waals surface area contributed by atoms with Gasteiger partial charge in [0.05, 0.1) is 6.10 Å². The quantitative estimate of drug-likeness (QED) is 0.757. The minimum atomic E-state index is 0.428. The third kappa shape index (κ3) is 1.57. The predicted octanol–water partition coefficient (Wildman–Crippen LogP) is 1.62. The molecule has 0 spiro atoms. The second kappa shape index (κ2) is 4.01. The Morgan fingerprint density at radius 1 is 1.19 bits per heavy atom. The van der Waals surface area contributed by atoms with Crippen molar-refractivity contribution in [3.05, 3.63) is 18.5 Å². The molecule has 2 fully saturated rings. The molecule has 4 heteroatoms. The highest BCUT2D eigenvalue weighted by Gasteiger charge is 2.41. The van der Waals surface area contributed by atoms with Gasteiger partial charge in [-0.25, -0.2) is 9.97 Å². The first-order chi connectivity index (χ1) is 7.88. The van der Waals surface area contributed by atoms with Gasteiger partial charge in [0.1, 0.15) is 0 Å². The van der Waals surface area contributed by atoms with Crippen LogP contribution >= 0.6 is 0 Å². The number of anilines is 1. The number of hydrogen-bond donors (Lipinski definition) is 0. The zero-order valence-electron chi connectivity index (χ0n) is 9.54. The standard InChI is InChI=1S/C12H17N3O/c1-16-11-7-9-3-4-10(8-11)15(9)12-13-5-2-6-14-12/h2,5-6,9-11H,3-4,7-8H2,1H3. The number of ether oxygens (including phenoxy) is 1. The molecule has 2 unspecified atom stereocenters. The van der Waals surface area contributed by atoms with E-state index in [1.807, 2.05) is 25.6 Å². The molecule has 0 N–H and O–H groups in total. The molecule has 2 aliphatic rings. The van der Waals surface area contributed by atoms with Crippen molar-refractivity contribution in [3.8, 4) is 0 Å². The summed E-state index contributed by atoms with van der Waals surface area (Å²) < 4.78 is 5.49. The van der Waals surface area contributed by atoms with Gasteiger partial charge in [0.2, 0.25) is 5.95 Å². The lowest BCUT2D eigenvalue weighted by Crippen LogP contribution is -2.46. The first-order valence-corrected chi connectivity index (χ1v) is 5.96. The maximum Gasteiger partial charge on any atom is 0.225 e. The zero-order chi connectivity index (χ0) is 11.0. The SMILES string of the molecule is COC1CC2CCC(C1)N2c1ncccn1. The van der Waals surface area contributed by atoms with Gasteiger partial charge in [0.15, 0.2) is 0 Å². The van der Waals surface area contributed by atoms with Crippen LogP contribution in [0, 0.1) is 0 Å². The molecule has 1 aromatic rings. The topological polar surface area (TPSA) is 38.2 Å². The van der Waals surface area contributed by atoms with E-state index in [0.29, 0.717) is 18.2 Å². The molecule has 2 saturated heterocycles. The fourth-order valence-corrected chi connectivity index (χ4v) is 3.07. The fourth-order valence-electron chi connectivity index (χ4n) is 3.07. The number of hydrogen-bond acceptors (Lipinski definition) is 4. The Morgan fingerprint density at radius 3 is 2.38 bits per heavy atom. The molecule has 0 aromatic carbocycles. The third-order valence-electron chi connectivity index (χ3n) is 3.81. The van der Waals surface area contributed by atoms with Gasteiger partial charge in [-0.1, -0.05) is 0 Å². The first-order valence-electron chi connectivity index (χ1n) is 5.96. The van der Waals surface area contributed by atoms with Crippen LogP contribution < -0.4 is 4.90 Å². The molecular weight excluding hydrogens is 202 g/mol. The molecule has 1 aromatic heterocycles. The van der Waals surface area contributed by atoms with Crippen molar-refractivity contribution in [2.45, 2.75) is 43.9 Å². The lowest BCUT2D eigenvalue weighted by molar-refractivity contribution is 0.0680. The summed E-state index contributed by atoms with van der Waals surface area (Å²) in [4.78, 5) is 11.1. The first kappa shape index (κ1) is 10.0. The largest absolute Gasteiger partial charge is 0.381 e. The average molecular weight is 219 g/mol. The molecule has 16 heavy (non-hydrogen) atoms. The van der Waals surface area contributed by atoms with E-state index in [2.05, 4.69) is 14.9 Å². The summed E-state index contributed by atoms with van der Waals surface area (Å²) >= 11 is 0. The van der Waals surface area contributed by atoms with Gasteiger partial charge in [-0.3, -0.25) is 0 Å². The van der Waals surface area contributed by atoms with Gasteiger partial charge in [-0.2, -0.15) is 0 Å². The second-order valence-electron chi connectivity index (χ2n) is 4.67. The third-order valence-corrected chi connectivity index (χ3v) is 3.81. The summed E-state index contributed by atoms with van der Waals surface area (Å²) in [7, 11) is 1.82. The van der Waals surface area contributed by atoms with E-state index in [1.165, 1.54) is 12.8 Å². The van der Waals surface area contributed by atoms with E-state index >= 15 is 0 Å². The van der Waals surface area contributed by atoms with Crippen LogP contribution in [0.5, 0.6) is 0 Å². The monoisotopic (exact) mass is 219 g/mol. The zero-order valence-corrected chi connectivity index (χ0v) is 9.54. The normalized spacial score (nSPS) is 33.1. The summed E-state index contributed by atoms with van der Waals surface area (Å²) in [6, 6.07) is 3.02. The Hall–Kier alpha value is -1.16. The fraction of sp³-hybridized carbons (Fsp3) is 0.667. The van der Waals surface area contributed by atoms with Crippen LogP contribution in [0.3, 0.4) is 0 Å². The van der Waals surface area contributed by atoms with Crippen LogP contribution in [0.25, 0.3) is 0 Å². The van der Waals surface area contributed by atoms with Crippen molar-refractivity contribution in [2.24, 2.45) is 0 Å². The van der Waals surface area contributed by atoms with Gasteiger partial charge in [-0.15, -0.1) is 0 Å². The van der Waals surface area contributed by atoms with Gasteiger partial charge in [0, 0.05) is 31.6 Å². The molecule has 2 aliphatic heterocycles. The van der Waals surface area contributed by atoms with Gasteiger partial charge in [0.25, 0.3) is 0 Å². The van der Waals surface area contributed by atoms with Crippen LogP contribution in [0.1, 0.15) is 25.7 Å². The Kier molecular flexibility index (Phi) is 2.52. The molecule has 4 nitrogen and oxygen atoms in total. The van der Waals surface area contributed by atoms with E-state index in [-0.39, 0.29) is 0 Å². The molecular formula is C12H17N3O. The van der Waals surface area contributed by atoms with Crippen LogP contribution in [0.4, 0.5) is 5.95 Å². The van der Waals surface area contributed by atoms with Crippen LogP contribution in [-0.4, -0.2) is 35.3 Å². The molecule has 2 bridgehead atoms.